The standard InChI is InChI=1S/C9H15NO3/c10-6-9(5-8(12)13)3-1-7(11)2-4-9/h1-6,10H2,(H,12,13). The van der Waals surface area contributed by atoms with Crippen LogP contribution in [0.15, 0.2) is 0 Å². The fourth-order valence-electron chi connectivity index (χ4n) is 1.83. The molecule has 3 N–H and O–H groups in total. The average molecular weight is 185 g/mol. The van der Waals surface area contributed by atoms with Gasteiger partial charge in [0, 0.05) is 12.8 Å². The van der Waals surface area contributed by atoms with E-state index in [9.17, 15) is 9.59 Å². The molecule has 0 aliphatic heterocycles. The molecular formula is C9H15NO3. The molecule has 0 unspecified atom stereocenters. The van der Waals surface area contributed by atoms with Crippen molar-refractivity contribution >= 4 is 11.8 Å². The van der Waals surface area contributed by atoms with E-state index in [-0.39, 0.29) is 17.6 Å². The molecule has 1 fully saturated rings. The zero-order chi connectivity index (χ0) is 9.90. The van der Waals surface area contributed by atoms with Gasteiger partial charge < -0.3 is 10.8 Å². The number of nitrogens with two attached hydrogens (primary N) is 1. The van der Waals surface area contributed by atoms with Crippen LogP contribution >= 0.6 is 0 Å². The van der Waals surface area contributed by atoms with Gasteiger partial charge >= 0.3 is 5.97 Å². The second-order valence-corrected chi connectivity index (χ2v) is 3.81. The first-order valence-corrected chi connectivity index (χ1v) is 4.51. The summed E-state index contributed by atoms with van der Waals surface area (Å²) < 4.78 is 0. The van der Waals surface area contributed by atoms with Gasteiger partial charge in [-0.2, -0.15) is 0 Å². The SMILES string of the molecule is NCC1(CC(=O)O)CCC(=O)CC1. The number of hydrogen-bond donors (Lipinski definition) is 2. The van der Waals surface area contributed by atoms with E-state index in [1.54, 1.807) is 0 Å². The lowest BCUT2D eigenvalue weighted by atomic mass is 9.71. The Kier molecular flexibility index (Phi) is 3.03. The van der Waals surface area contributed by atoms with E-state index < -0.39 is 5.97 Å². The number of aliphatic carboxylic acids is 1. The lowest BCUT2D eigenvalue weighted by molar-refractivity contribution is -0.141. The molecule has 0 aromatic heterocycles. The third-order valence-electron chi connectivity index (χ3n) is 2.83. The minimum absolute atomic E-state index is 0.0940. The highest BCUT2D eigenvalue weighted by molar-refractivity contribution is 5.79. The molecule has 13 heavy (non-hydrogen) atoms. The lowest BCUT2D eigenvalue weighted by Gasteiger charge is -2.34. The molecule has 0 saturated heterocycles. The summed E-state index contributed by atoms with van der Waals surface area (Å²) in [6, 6.07) is 0. The first-order valence-electron chi connectivity index (χ1n) is 4.51. The minimum Gasteiger partial charge on any atom is -0.481 e. The molecular weight excluding hydrogens is 170 g/mol. The number of carboxylic acid groups (broad SMARTS) is 1. The quantitative estimate of drug-likeness (QED) is 0.672. The van der Waals surface area contributed by atoms with Gasteiger partial charge in [0.05, 0.1) is 6.42 Å². The van der Waals surface area contributed by atoms with Gasteiger partial charge in [-0.25, -0.2) is 0 Å². The number of hydrogen-bond acceptors (Lipinski definition) is 3. The fourth-order valence-corrected chi connectivity index (χ4v) is 1.83. The van der Waals surface area contributed by atoms with Crippen LogP contribution in [0.2, 0.25) is 0 Å². The van der Waals surface area contributed by atoms with Gasteiger partial charge in [0.15, 0.2) is 0 Å². The van der Waals surface area contributed by atoms with Crippen LogP contribution < -0.4 is 5.73 Å². The highest BCUT2D eigenvalue weighted by Gasteiger charge is 2.35. The molecule has 0 aromatic carbocycles. The van der Waals surface area contributed by atoms with Gasteiger partial charge in [-0.15, -0.1) is 0 Å². The van der Waals surface area contributed by atoms with Crippen molar-refractivity contribution in [1.29, 1.82) is 0 Å². The molecule has 0 heterocycles. The second-order valence-electron chi connectivity index (χ2n) is 3.81. The summed E-state index contributed by atoms with van der Waals surface area (Å²) in [6.07, 6.45) is 2.34. The summed E-state index contributed by atoms with van der Waals surface area (Å²) in [5.41, 5.74) is 5.24. The first-order chi connectivity index (χ1) is 6.08. The van der Waals surface area contributed by atoms with Crippen molar-refractivity contribution in [3.8, 4) is 0 Å². The predicted molar refractivity (Wildman–Crippen MR) is 47.2 cm³/mol. The van der Waals surface area contributed by atoms with Gasteiger partial charge in [0.1, 0.15) is 5.78 Å². The van der Waals surface area contributed by atoms with E-state index in [0.717, 1.165) is 0 Å². The van der Waals surface area contributed by atoms with Crippen LogP contribution in [0, 0.1) is 5.41 Å². The third kappa shape index (κ3) is 2.52. The summed E-state index contributed by atoms with van der Waals surface area (Å²) in [6.45, 7) is 0.368. The van der Waals surface area contributed by atoms with Crippen molar-refractivity contribution in [3.63, 3.8) is 0 Å². The molecule has 1 rings (SSSR count). The molecule has 0 bridgehead atoms. The normalized spacial score (nSPS) is 21.5. The summed E-state index contributed by atoms with van der Waals surface area (Å²) in [5.74, 6) is -0.589. The molecule has 0 atom stereocenters. The van der Waals surface area contributed by atoms with Crippen LogP contribution in [0.5, 0.6) is 0 Å². The van der Waals surface area contributed by atoms with E-state index >= 15 is 0 Å². The van der Waals surface area contributed by atoms with E-state index in [1.165, 1.54) is 0 Å². The van der Waals surface area contributed by atoms with Crippen LogP contribution in [0.25, 0.3) is 0 Å². The molecule has 0 amide bonds. The molecule has 1 aliphatic carbocycles. The molecule has 1 aliphatic rings. The van der Waals surface area contributed by atoms with Crippen LogP contribution in [-0.2, 0) is 9.59 Å². The number of carbonyl (C=O) groups is 2. The Labute approximate surface area is 77.1 Å². The van der Waals surface area contributed by atoms with Crippen LogP contribution in [-0.4, -0.2) is 23.4 Å². The zero-order valence-corrected chi connectivity index (χ0v) is 7.58. The summed E-state index contributed by atoms with van der Waals surface area (Å²) in [5, 5.41) is 8.69. The van der Waals surface area contributed by atoms with Crippen LogP contribution in [0.1, 0.15) is 32.1 Å². The molecule has 0 spiro atoms. The highest BCUT2D eigenvalue weighted by atomic mass is 16.4. The number of ketones is 1. The van der Waals surface area contributed by atoms with Gasteiger partial charge in [0.2, 0.25) is 0 Å². The molecule has 0 aromatic rings. The molecule has 1 saturated carbocycles. The van der Waals surface area contributed by atoms with E-state index in [4.69, 9.17) is 10.8 Å². The smallest absolute Gasteiger partial charge is 0.303 e. The second kappa shape index (κ2) is 3.87. The Morgan fingerprint density at radius 3 is 2.38 bits per heavy atom. The average Bonchev–Trinajstić information content (AvgIpc) is 2.09. The summed E-state index contributed by atoms with van der Waals surface area (Å²) in [7, 11) is 0. The lowest BCUT2D eigenvalue weighted by Crippen LogP contribution is -2.36. The van der Waals surface area contributed by atoms with Gasteiger partial charge in [-0.3, -0.25) is 9.59 Å². The van der Waals surface area contributed by atoms with Gasteiger partial charge in [-0.05, 0) is 24.8 Å². The number of carbonyl (C=O) groups excluding carboxylic acids is 1. The largest absolute Gasteiger partial charge is 0.481 e. The summed E-state index contributed by atoms with van der Waals surface area (Å²) >= 11 is 0. The Bertz CT molecular complexity index is 215. The Hall–Kier alpha value is -0.900. The topological polar surface area (TPSA) is 80.4 Å². The predicted octanol–water partition coefficient (Wildman–Crippen LogP) is 0.549. The fraction of sp³-hybridized carbons (Fsp3) is 0.778. The summed E-state index contributed by atoms with van der Waals surface area (Å²) in [4.78, 5) is 21.5. The maximum Gasteiger partial charge on any atom is 0.303 e. The van der Waals surface area contributed by atoms with E-state index in [0.29, 0.717) is 32.2 Å². The van der Waals surface area contributed by atoms with Crippen molar-refractivity contribution in [2.75, 3.05) is 6.54 Å². The number of rotatable bonds is 3. The van der Waals surface area contributed by atoms with Crippen LogP contribution in [0.4, 0.5) is 0 Å². The zero-order valence-electron chi connectivity index (χ0n) is 7.58. The van der Waals surface area contributed by atoms with E-state index in [2.05, 4.69) is 0 Å². The van der Waals surface area contributed by atoms with Crippen molar-refractivity contribution in [3.05, 3.63) is 0 Å². The van der Waals surface area contributed by atoms with Gasteiger partial charge in [0.25, 0.3) is 0 Å². The Morgan fingerprint density at radius 1 is 1.46 bits per heavy atom. The monoisotopic (exact) mass is 185 g/mol. The third-order valence-corrected chi connectivity index (χ3v) is 2.83. The Morgan fingerprint density at radius 2 is 2.00 bits per heavy atom. The van der Waals surface area contributed by atoms with Crippen molar-refractivity contribution in [1.82, 2.24) is 0 Å². The molecule has 0 radical (unpaired) electrons. The Balaban J connectivity index is 2.60. The highest BCUT2D eigenvalue weighted by Crippen LogP contribution is 2.36. The maximum absolute atomic E-state index is 11.0. The van der Waals surface area contributed by atoms with E-state index in [1.807, 2.05) is 0 Å². The van der Waals surface area contributed by atoms with Crippen LogP contribution in [0.3, 0.4) is 0 Å². The number of Topliss-reactive ketones (excluding diaryl/α,β-unsaturated/α-hetero) is 1. The first kappa shape index (κ1) is 10.2. The molecule has 4 nitrogen and oxygen atoms in total. The minimum atomic E-state index is -0.820. The molecule has 74 valence electrons. The van der Waals surface area contributed by atoms with Crippen molar-refractivity contribution < 1.29 is 14.7 Å². The van der Waals surface area contributed by atoms with Gasteiger partial charge in [-0.1, -0.05) is 0 Å². The van der Waals surface area contributed by atoms with Crippen molar-refractivity contribution in [2.45, 2.75) is 32.1 Å². The van der Waals surface area contributed by atoms with Crippen molar-refractivity contribution in [2.24, 2.45) is 11.1 Å². The maximum atomic E-state index is 11.0. The number of carboxylic acids is 1. The molecule has 4 heteroatoms.